The highest BCUT2D eigenvalue weighted by Crippen LogP contribution is 2.21. The van der Waals surface area contributed by atoms with Crippen molar-refractivity contribution in [3.05, 3.63) is 0 Å². The second kappa shape index (κ2) is 6.84. The first-order valence-corrected chi connectivity index (χ1v) is 7.13. The molecule has 0 amide bonds. The van der Waals surface area contributed by atoms with Gasteiger partial charge in [-0.05, 0) is 37.6 Å². The van der Waals surface area contributed by atoms with Crippen molar-refractivity contribution in [3.8, 4) is 0 Å². The van der Waals surface area contributed by atoms with Crippen LogP contribution in [0.5, 0.6) is 0 Å². The van der Waals surface area contributed by atoms with Crippen LogP contribution in [0.2, 0.25) is 0 Å². The lowest BCUT2D eigenvalue weighted by atomic mass is 9.92. The number of alkyl halides is 1. The Bertz CT molecular complexity index is 139. The van der Waals surface area contributed by atoms with Gasteiger partial charge in [-0.25, -0.2) is 0 Å². The van der Waals surface area contributed by atoms with E-state index in [0.29, 0.717) is 0 Å². The molecular weight excluding hydrogens is 238 g/mol. The van der Waals surface area contributed by atoms with Gasteiger partial charge in [-0.2, -0.15) is 0 Å². The third-order valence-electron chi connectivity index (χ3n) is 3.05. The van der Waals surface area contributed by atoms with Crippen molar-refractivity contribution < 1.29 is 0 Å². The summed E-state index contributed by atoms with van der Waals surface area (Å²) in [6.45, 7) is 8.77. The topological polar surface area (TPSA) is 3.24 Å². The highest BCUT2D eigenvalue weighted by Gasteiger charge is 2.20. The minimum atomic E-state index is 0.912. The Balaban J connectivity index is 2.10. The molecule has 2 unspecified atom stereocenters. The van der Waals surface area contributed by atoms with E-state index in [1.807, 2.05) is 0 Å². The second-order valence-electron chi connectivity index (χ2n) is 4.96. The molecule has 84 valence electrons. The molecule has 0 aromatic carbocycles. The van der Waals surface area contributed by atoms with E-state index in [2.05, 4.69) is 34.7 Å². The smallest absolute Gasteiger partial charge is 0.00313 e. The Morgan fingerprint density at radius 2 is 1.71 bits per heavy atom. The van der Waals surface area contributed by atoms with Crippen molar-refractivity contribution in [2.45, 2.75) is 39.5 Å². The fourth-order valence-electron chi connectivity index (χ4n) is 2.58. The maximum atomic E-state index is 3.48. The van der Waals surface area contributed by atoms with Crippen molar-refractivity contribution in [2.75, 3.05) is 25.0 Å². The zero-order valence-corrected chi connectivity index (χ0v) is 11.2. The van der Waals surface area contributed by atoms with Gasteiger partial charge in [-0.3, -0.25) is 0 Å². The van der Waals surface area contributed by atoms with E-state index >= 15 is 0 Å². The van der Waals surface area contributed by atoms with Gasteiger partial charge in [0.25, 0.3) is 0 Å². The third-order valence-corrected chi connectivity index (χ3v) is 3.61. The van der Waals surface area contributed by atoms with Gasteiger partial charge >= 0.3 is 0 Å². The van der Waals surface area contributed by atoms with Crippen LogP contribution in [0.3, 0.4) is 0 Å². The van der Waals surface area contributed by atoms with Crippen LogP contribution < -0.4 is 0 Å². The van der Waals surface area contributed by atoms with E-state index in [1.165, 1.54) is 50.6 Å². The number of halogens is 1. The van der Waals surface area contributed by atoms with Crippen LogP contribution in [0, 0.1) is 11.8 Å². The first kappa shape index (κ1) is 12.5. The molecule has 1 nitrogen and oxygen atoms in total. The van der Waals surface area contributed by atoms with Crippen molar-refractivity contribution in [2.24, 2.45) is 11.8 Å². The predicted molar refractivity (Wildman–Crippen MR) is 67.0 cm³/mol. The summed E-state index contributed by atoms with van der Waals surface area (Å²) < 4.78 is 0. The standard InChI is InChI=1S/C12H24BrN/c1-11-8-12(2)10-14(9-11)7-5-3-4-6-13/h11-12H,3-10H2,1-2H3. The summed E-state index contributed by atoms with van der Waals surface area (Å²) >= 11 is 3.48. The van der Waals surface area contributed by atoms with Gasteiger partial charge < -0.3 is 4.90 Å². The summed E-state index contributed by atoms with van der Waals surface area (Å²) in [5.74, 6) is 1.82. The average Bonchev–Trinajstić information content (AvgIpc) is 2.11. The molecule has 1 heterocycles. The Labute approximate surface area is 97.4 Å². The average molecular weight is 262 g/mol. The first-order chi connectivity index (χ1) is 6.72. The SMILES string of the molecule is CC1CC(C)CN(CCCCCBr)C1. The molecule has 0 N–H and O–H groups in total. The van der Waals surface area contributed by atoms with Crippen molar-refractivity contribution >= 4 is 15.9 Å². The van der Waals surface area contributed by atoms with Gasteiger partial charge in [-0.15, -0.1) is 0 Å². The molecule has 0 bridgehead atoms. The van der Waals surface area contributed by atoms with Crippen LogP contribution in [0.25, 0.3) is 0 Å². The van der Waals surface area contributed by atoms with E-state index in [1.54, 1.807) is 0 Å². The fourth-order valence-corrected chi connectivity index (χ4v) is 2.98. The van der Waals surface area contributed by atoms with Gasteiger partial charge in [0.15, 0.2) is 0 Å². The zero-order valence-electron chi connectivity index (χ0n) is 9.64. The number of hydrogen-bond donors (Lipinski definition) is 0. The molecular formula is C12H24BrN. The Morgan fingerprint density at radius 3 is 2.29 bits per heavy atom. The summed E-state index contributed by atoms with van der Waals surface area (Å²) in [7, 11) is 0. The van der Waals surface area contributed by atoms with Crippen molar-refractivity contribution in [1.82, 2.24) is 4.90 Å². The van der Waals surface area contributed by atoms with Crippen LogP contribution in [-0.4, -0.2) is 29.9 Å². The van der Waals surface area contributed by atoms with Crippen molar-refractivity contribution in [1.29, 1.82) is 0 Å². The van der Waals surface area contributed by atoms with Crippen LogP contribution in [-0.2, 0) is 0 Å². The lowest BCUT2D eigenvalue weighted by Crippen LogP contribution is -2.39. The van der Waals surface area contributed by atoms with E-state index in [9.17, 15) is 0 Å². The van der Waals surface area contributed by atoms with Gasteiger partial charge in [0.2, 0.25) is 0 Å². The van der Waals surface area contributed by atoms with Gasteiger partial charge in [0.1, 0.15) is 0 Å². The monoisotopic (exact) mass is 261 g/mol. The third kappa shape index (κ3) is 4.79. The molecule has 1 saturated heterocycles. The molecule has 0 aliphatic carbocycles. The number of unbranched alkanes of at least 4 members (excludes halogenated alkanes) is 2. The molecule has 1 fully saturated rings. The lowest BCUT2D eigenvalue weighted by molar-refractivity contribution is 0.139. The number of rotatable bonds is 5. The molecule has 0 aromatic heterocycles. The molecule has 1 rings (SSSR count). The number of nitrogens with zero attached hydrogens (tertiary/aromatic N) is 1. The van der Waals surface area contributed by atoms with Crippen LogP contribution in [0.4, 0.5) is 0 Å². The van der Waals surface area contributed by atoms with Crippen LogP contribution in [0.15, 0.2) is 0 Å². The van der Waals surface area contributed by atoms with E-state index in [-0.39, 0.29) is 0 Å². The van der Waals surface area contributed by atoms with E-state index in [0.717, 1.165) is 11.8 Å². The van der Waals surface area contributed by atoms with Gasteiger partial charge in [-0.1, -0.05) is 36.2 Å². The highest BCUT2D eigenvalue weighted by molar-refractivity contribution is 9.09. The normalized spacial score (nSPS) is 29.4. The minimum absolute atomic E-state index is 0.912. The van der Waals surface area contributed by atoms with E-state index < -0.39 is 0 Å². The summed E-state index contributed by atoms with van der Waals surface area (Å²) in [6.07, 6.45) is 5.52. The Hall–Kier alpha value is 0.440. The minimum Gasteiger partial charge on any atom is -0.303 e. The van der Waals surface area contributed by atoms with E-state index in [4.69, 9.17) is 0 Å². The molecule has 1 aliphatic rings. The predicted octanol–water partition coefficient (Wildman–Crippen LogP) is 3.53. The Kier molecular flexibility index (Phi) is 6.11. The van der Waals surface area contributed by atoms with Crippen LogP contribution >= 0.6 is 15.9 Å². The number of hydrogen-bond acceptors (Lipinski definition) is 1. The van der Waals surface area contributed by atoms with Gasteiger partial charge in [0, 0.05) is 18.4 Å². The number of likely N-dealkylation sites (tertiary alicyclic amines) is 1. The summed E-state index contributed by atoms with van der Waals surface area (Å²) in [5.41, 5.74) is 0. The fraction of sp³-hybridized carbons (Fsp3) is 1.00. The summed E-state index contributed by atoms with van der Waals surface area (Å²) in [4.78, 5) is 2.66. The Morgan fingerprint density at radius 1 is 1.07 bits per heavy atom. The molecule has 0 spiro atoms. The highest BCUT2D eigenvalue weighted by atomic mass is 79.9. The first-order valence-electron chi connectivity index (χ1n) is 6.00. The second-order valence-corrected chi connectivity index (χ2v) is 5.75. The molecule has 0 radical (unpaired) electrons. The van der Waals surface area contributed by atoms with Gasteiger partial charge in [0.05, 0.1) is 0 Å². The summed E-state index contributed by atoms with van der Waals surface area (Å²) in [5, 5.41) is 1.17. The summed E-state index contributed by atoms with van der Waals surface area (Å²) in [6, 6.07) is 0. The molecule has 0 saturated carbocycles. The van der Waals surface area contributed by atoms with Crippen LogP contribution in [0.1, 0.15) is 39.5 Å². The largest absolute Gasteiger partial charge is 0.303 e. The lowest BCUT2D eigenvalue weighted by Gasteiger charge is -2.34. The molecule has 2 heteroatoms. The maximum Gasteiger partial charge on any atom is 0.00313 e. The molecule has 2 atom stereocenters. The number of piperidine rings is 1. The molecule has 0 aromatic rings. The van der Waals surface area contributed by atoms with Crippen molar-refractivity contribution in [3.63, 3.8) is 0 Å². The zero-order chi connectivity index (χ0) is 10.4. The molecule has 14 heavy (non-hydrogen) atoms. The molecule has 1 aliphatic heterocycles. The quantitative estimate of drug-likeness (QED) is 0.541. The maximum absolute atomic E-state index is 3.48.